The second-order valence-corrected chi connectivity index (χ2v) is 2.70. The molecule has 68 valence electrons. The fourth-order valence-electron chi connectivity index (χ4n) is 0.911. The highest BCUT2D eigenvalue weighted by atomic mass is 16.1. The molecule has 0 aliphatic rings. The molecule has 12 heavy (non-hydrogen) atoms. The van der Waals surface area contributed by atoms with Crippen LogP contribution < -0.4 is 5.32 Å². The number of hydrogen-bond donors (Lipinski definition) is 1. The van der Waals surface area contributed by atoms with Crippen molar-refractivity contribution in [3.05, 3.63) is 23.8 Å². The van der Waals surface area contributed by atoms with E-state index in [4.69, 9.17) is 0 Å². The van der Waals surface area contributed by atoms with E-state index in [0.29, 0.717) is 6.54 Å². The lowest BCUT2D eigenvalue weighted by Gasteiger charge is -2.02. The minimum atomic E-state index is -0.0302. The Hall–Kier alpha value is -1.05. The average molecular weight is 167 g/mol. The van der Waals surface area contributed by atoms with Gasteiger partial charge in [0.05, 0.1) is 0 Å². The van der Waals surface area contributed by atoms with Crippen LogP contribution in [-0.2, 0) is 4.79 Å². The van der Waals surface area contributed by atoms with Gasteiger partial charge in [0.2, 0.25) is 5.91 Å². The van der Waals surface area contributed by atoms with Crippen LogP contribution >= 0.6 is 0 Å². The molecule has 0 unspecified atom stereocenters. The predicted octanol–water partition coefficient (Wildman–Crippen LogP) is 2.04. The molecule has 0 radical (unpaired) electrons. The molecule has 0 atom stereocenters. The van der Waals surface area contributed by atoms with Crippen LogP contribution in [0.1, 0.15) is 27.2 Å². The lowest BCUT2D eigenvalue weighted by atomic mass is 10.1. The Balaban J connectivity index is 4.28. The van der Waals surface area contributed by atoms with Gasteiger partial charge in [0.15, 0.2) is 0 Å². The van der Waals surface area contributed by atoms with E-state index in [1.54, 1.807) is 6.08 Å². The van der Waals surface area contributed by atoms with E-state index in [2.05, 4.69) is 11.9 Å². The first kappa shape index (κ1) is 11.0. The number of likely N-dealkylation sites (N-methyl/N-ethyl adjacent to an activating group) is 1. The summed E-state index contributed by atoms with van der Waals surface area (Å²) in [6.45, 7) is 10.3. The molecule has 2 heteroatoms. The Bertz CT molecular complexity index is 204. The average Bonchev–Trinajstić information content (AvgIpc) is 2.00. The summed E-state index contributed by atoms with van der Waals surface area (Å²) < 4.78 is 0. The molecular formula is C10H17NO. The fraction of sp³-hybridized carbons (Fsp3) is 0.500. The molecule has 0 aromatic rings. The summed E-state index contributed by atoms with van der Waals surface area (Å²) in [6.07, 6.45) is 2.47. The second kappa shape index (κ2) is 5.58. The Kier molecular flexibility index (Phi) is 5.09. The third-order valence-corrected chi connectivity index (χ3v) is 1.59. The normalized spacial score (nSPS) is 11.1. The van der Waals surface area contributed by atoms with Crippen molar-refractivity contribution in [2.75, 3.05) is 6.54 Å². The minimum Gasteiger partial charge on any atom is -0.353 e. The van der Waals surface area contributed by atoms with Gasteiger partial charge in [-0.15, -0.1) is 0 Å². The number of hydrogen-bond acceptors (Lipinski definition) is 1. The highest BCUT2D eigenvalue weighted by Crippen LogP contribution is 2.09. The summed E-state index contributed by atoms with van der Waals surface area (Å²) in [5.74, 6) is -0.0302. The first-order valence-electron chi connectivity index (χ1n) is 4.26. The van der Waals surface area contributed by atoms with Gasteiger partial charge in [-0.2, -0.15) is 0 Å². The third-order valence-electron chi connectivity index (χ3n) is 1.59. The maximum atomic E-state index is 11.1. The number of nitrogens with one attached hydrogen (secondary N) is 1. The van der Waals surface area contributed by atoms with Crippen LogP contribution in [0.15, 0.2) is 23.8 Å². The molecule has 0 heterocycles. The van der Waals surface area contributed by atoms with Crippen molar-refractivity contribution in [2.24, 2.45) is 0 Å². The van der Waals surface area contributed by atoms with E-state index < -0.39 is 0 Å². The largest absolute Gasteiger partial charge is 0.353 e. The van der Waals surface area contributed by atoms with E-state index >= 15 is 0 Å². The van der Waals surface area contributed by atoms with Crippen molar-refractivity contribution in [3.8, 4) is 0 Å². The number of amides is 1. The molecule has 1 amide bonds. The second-order valence-electron chi connectivity index (χ2n) is 2.70. The van der Waals surface area contributed by atoms with Crippen molar-refractivity contribution < 1.29 is 4.79 Å². The van der Waals surface area contributed by atoms with Crippen molar-refractivity contribution in [1.82, 2.24) is 5.32 Å². The molecule has 0 spiro atoms. The number of carbonyl (C=O) groups is 1. The Labute approximate surface area is 74.4 Å². The fourth-order valence-corrected chi connectivity index (χ4v) is 0.911. The van der Waals surface area contributed by atoms with Gasteiger partial charge in [0.1, 0.15) is 0 Å². The van der Waals surface area contributed by atoms with Gasteiger partial charge in [-0.05, 0) is 25.8 Å². The molecular weight excluding hydrogens is 150 g/mol. The van der Waals surface area contributed by atoms with Gasteiger partial charge in [0, 0.05) is 12.6 Å². The van der Waals surface area contributed by atoms with E-state index in [9.17, 15) is 4.79 Å². The van der Waals surface area contributed by atoms with E-state index in [1.165, 1.54) is 0 Å². The highest BCUT2D eigenvalue weighted by molar-refractivity contribution is 5.88. The van der Waals surface area contributed by atoms with E-state index in [-0.39, 0.29) is 5.91 Å². The quantitative estimate of drug-likeness (QED) is 0.504. The summed E-state index contributed by atoms with van der Waals surface area (Å²) in [7, 11) is 0. The SMILES string of the molecule is C=C(C)/C(=C\C(=O)NCC)CC. The van der Waals surface area contributed by atoms with E-state index in [0.717, 1.165) is 17.6 Å². The monoisotopic (exact) mass is 167 g/mol. The van der Waals surface area contributed by atoms with Gasteiger partial charge in [-0.3, -0.25) is 4.79 Å². The third kappa shape index (κ3) is 3.96. The Morgan fingerprint density at radius 3 is 2.42 bits per heavy atom. The number of allylic oxidation sites excluding steroid dienone is 2. The summed E-state index contributed by atoms with van der Waals surface area (Å²) in [6, 6.07) is 0. The Morgan fingerprint density at radius 2 is 2.08 bits per heavy atom. The molecule has 0 aromatic carbocycles. The molecule has 0 aliphatic carbocycles. The molecule has 2 nitrogen and oxygen atoms in total. The van der Waals surface area contributed by atoms with Crippen LogP contribution in [0.2, 0.25) is 0 Å². The molecule has 0 saturated heterocycles. The molecule has 0 aromatic heterocycles. The van der Waals surface area contributed by atoms with Crippen LogP contribution in [-0.4, -0.2) is 12.5 Å². The maximum absolute atomic E-state index is 11.1. The van der Waals surface area contributed by atoms with Crippen LogP contribution in [0.3, 0.4) is 0 Å². The molecule has 1 N–H and O–H groups in total. The highest BCUT2D eigenvalue weighted by Gasteiger charge is 1.98. The summed E-state index contributed by atoms with van der Waals surface area (Å²) >= 11 is 0. The van der Waals surface area contributed by atoms with Crippen LogP contribution in [0.5, 0.6) is 0 Å². The lowest BCUT2D eigenvalue weighted by molar-refractivity contribution is -0.116. The zero-order valence-corrected chi connectivity index (χ0v) is 8.11. The maximum Gasteiger partial charge on any atom is 0.244 e. The van der Waals surface area contributed by atoms with Gasteiger partial charge in [0.25, 0.3) is 0 Å². The number of carbonyl (C=O) groups excluding carboxylic acids is 1. The topological polar surface area (TPSA) is 29.1 Å². The van der Waals surface area contributed by atoms with Gasteiger partial charge in [-0.1, -0.05) is 19.1 Å². The van der Waals surface area contributed by atoms with E-state index in [1.807, 2.05) is 20.8 Å². The molecule has 0 rings (SSSR count). The van der Waals surface area contributed by atoms with Crippen molar-refractivity contribution >= 4 is 5.91 Å². The molecule has 0 aliphatic heterocycles. The van der Waals surface area contributed by atoms with Crippen LogP contribution in [0, 0.1) is 0 Å². The zero-order valence-electron chi connectivity index (χ0n) is 8.11. The van der Waals surface area contributed by atoms with Crippen molar-refractivity contribution in [1.29, 1.82) is 0 Å². The summed E-state index contributed by atoms with van der Waals surface area (Å²) in [5.41, 5.74) is 1.98. The molecule has 0 bridgehead atoms. The van der Waals surface area contributed by atoms with Gasteiger partial charge < -0.3 is 5.32 Å². The lowest BCUT2D eigenvalue weighted by Crippen LogP contribution is -2.20. The summed E-state index contributed by atoms with van der Waals surface area (Å²) in [5, 5.41) is 2.71. The summed E-state index contributed by atoms with van der Waals surface area (Å²) in [4.78, 5) is 11.1. The Morgan fingerprint density at radius 1 is 1.50 bits per heavy atom. The standard InChI is InChI=1S/C10H17NO/c1-5-9(8(3)4)7-10(12)11-6-2/h7H,3,5-6H2,1-2,4H3,(H,11,12)/b9-7-. The van der Waals surface area contributed by atoms with Crippen LogP contribution in [0.25, 0.3) is 0 Å². The van der Waals surface area contributed by atoms with Gasteiger partial charge >= 0.3 is 0 Å². The van der Waals surface area contributed by atoms with Crippen molar-refractivity contribution in [3.63, 3.8) is 0 Å². The van der Waals surface area contributed by atoms with Gasteiger partial charge in [-0.25, -0.2) is 0 Å². The molecule has 0 saturated carbocycles. The molecule has 0 fully saturated rings. The van der Waals surface area contributed by atoms with Crippen molar-refractivity contribution in [2.45, 2.75) is 27.2 Å². The predicted molar refractivity (Wildman–Crippen MR) is 51.9 cm³/mol. The zero-order chi connectivity index (χ0) is 9.56. The van der Waals surface area contributed by atoms with Crippen LogP contribution in [0.4, 0.5) is 0 Å². The first-order valence-corrected chi connectivity index (χ1v) is 4.26. The minimum absolute atomic E-state index is 0.0302. The number of rotatable bonds is 4. The first-order chi connectivity index (χ1) is 5.61. The smallest absolute Gasteiger partial charge is 0.244 e.